The minimum atomic E-state index is -0.0374. The Morgan fingerprint density at radius 3 is 2.48 bits per heavy atom. The first-order valence-electron chi connectivity index (χ1n) is 9.37. The van der Waals surface area contributed by atoms with Crippen molar-refractivity contribution in [2.45, 2.75) is 52.0 Å². The number of piperazine rings is 1. The summed E-state index contributed by atoms with van der Waals surface area (Å²) in [6.45, 7) is 6.85. The molecule has 0 radical (unpaired) electrons. The number of hydrogen-bond donors (Lipinski definition) is 1. The molecule has 1 aliphatic carbocycles. The molecule has 1 saturated carbocycles. The van der Waals surface area contributed by atoms with E-state index in [1.165, 1.54) is 32.1 Å². The van der Waals surface area contributed by atoms with Gasteiger partial charge in [0.15, 0.2) is 5.82 Å². The van der Waals surface area contributed by atoms with Crippen LogP contribution in [0, 0.1) is 6.92 Å². The lowest BCUT2D eigenvalue weighted by Crippen LogP contribution is -2.49. The highest BCUT2D eigenvalue weighted by Gasteiger charge is 2.22. The number of nitrogens with zero attached hydrogens (tertiary/aromatic N) is 4. The van der Waals surface area contributed by atoms with E-state index >= 15 is 0 Å². The van der Waals surface area contributed by atoms with Crippen molar-refractivity contribution >= 4 is 17.6 Å². The molecule has 2 amide bonds. The van der Waals surface area contributed by atoms with Crippen LogP contribution in [0.2, 0.25) is 0 Å². The average Bonchev–Trinajstić information content (AvgIpc) is 2.96. The maximum Gasteiger partial charge on any atom is 0.239 e. The number of aryl methyl sites for hydroxylation is 1. The zero-order valence-electron chi connectivity index (χ0n) is 15.3. The smallest absolute Gasteiger partial charge is 0.239 e. The van der Waals surface area contributed by atoms with Crippen molar-refractivity contribution in [3.63, 3.8) is 0 Å². The molecule has 138 valence electrons. The Balaban J connectivity index is 1.51. The van der Waals surface area contributed by atoms with Crippen LogP contribution < -0.4 is 5.32 Å². The highest BCUT2D eigenvalue weighted by molar-refractivity contribution is 5.91. The highest BCUT2D eigenvalue weighted by atomic mass is 16.2. The maximum absolute atomic E-state index is 12.3. The van der Waals surface area contributed by atoms with Gasteiger partial charge in [0, 0.05) is 44.9 Å². The van der Waals surface area contributed by atoms with Crippen LogP contribution in [0.4, 0.5) is 5.82 Å². The van der Waals surface area contributed by atoms with E-state index in [9.17, 15) is 9.59 Å². The summed E-state index contributed by atoms with van der Waals surface area (Å²) in [6.07, 6.45) is 6.19. The van der Waals surface area contributed by atoms with Crippen LogP contribution in [0.1, 0.15) is 50.8 Å². The third-order valence-electron chi connectivity index (χ3n) is 5.30. The zero-order valence-corrected chi connectivity index (χ0v) is 15.3. The monoisotopic (exact) mass is 347 g/mol. The minimum Gasteiger partial charge on any atom is -0.340 e. The van der Waals surface area contributed by atoms with Gasteiger partial charge in [-0.3, -0.25) is 19.2 Å². The number of hydrogen-bond acceptors (Lipinski definition) is 4. The van der Waals surface area contributed by atoms with Crippen molar-refractivity contribution in [2.24, 2.45) is 0 Å². The summed E-state index contributed by atoms with van der Waals surface area (Å²) in [6, 6.07) is 2.43. The molecule has 0 atom stereocenters. The molecule has 0 unspecified atom stereocenters. The molecule has 1 aliphatic heterocycles. The van der Waals surface area contributed by atoms with Gasteiger partial charge in [-0.1, -0.05) is 19.3 Å². The lowest BCUT2D eigenvalue weighted by Gasteiger charge is -2.33. The van der Waals surface area contributed by atoms with Gasteiger partial charge in [0.25, 0.3) is 0 Å². The maximum atomic E-state index is 12.3. The van der Waals surface area contributed by atoms with E-state index < -0.39 is 0 Å². The molecular formula is C18H29N5O2. The molecule has 1 aromatic rings. The predicted molar refractivity (Wildman–Crippen MR) is 96.4 cm³/mol. The molecule has 1 aromatic heterocycles. The van der Waals surface area contributed by atoms with Gasteiger partial charge in [-0.15, -0.1) is 0 Å². The van der Waals surface area contributed by atoms with E-state index in [1.807, 2.05) is 11.0 Å². The van der Waals surface area contributed by atoms with Gasteiger partial charge in [-0.05, 0) is 19.8 Å². The molecule has 2 heterocycles. The lowest BCUT2D eigenvalue weighted by molar-refractivity contribution is -0.130. The third kappa shape index (κ3) is 4.60. The topological polar surface area (TPSA) is 70.5 Å². The number of carbonyl (C=O) groups excluding carboxylic acids is 2. The molecule has 0 aromatic carbocycles. The van der Waals surface area contributed by atoms with Crippen LogP contribution in [0.15, 0.2) is 6.07 Å². The second-order valence-electron chi connectivity index (χ2n) is 7.24. The Labute approximate surface area is 149 Å². The Morgan fingerprint density at radius 1 is 1.16 bits per heavy atom. The molecule has 1 saturated heterocycles. The van der Waals surface area contributed by atoms with Crippen LogP contribution in [-0.2, 0) is 9.59 Å². The Kier molecular flexibility index (Phi) is 5.73. The lowest BCUT2D eigenvalue weighted by atomic mass is 9.95. The van der Waals surface area contributed by atoms with Gasteiger partial charge in [-0.2, -0.15) is 5.10 Å². The standard InChI is InChI=1S/C18H29N5O2/c1-14-12-17(20-23(14)16-6-4-3-5-7-16)19-18(25)13-21-8-10-22(11-9-21)15(2)24/h12,16H,3-11,13H2,1-2H3,(H,19,20,25). The molecule has 7 heteroatoms. The molecule has 2 fully saturated rings. The molecule has 7 nitrogen and oxygen atoms in total. The summed E-state index contributed by atoms with van der Waals surface area (Å²) in [5, 5.41) is 7.55. The van der Waals surface area contributed by atoms with E-state index in [2.05, 4.69) is 26.9 Å². The normalized spacial score (nSPS) is 19.8. The molecule has 3 rings (SSSR count). The third-order valence-corrected chi connectivity index (χ3v) is 5.30. The molecule has 0 bridgehead atoms. The van der Waals surface area contributed by atoms with E-state index in [0.29, 0.717) is 31.5 Å². The molecule has 0 spiro atoms. The van der Waals surface area contributed by atoms with Gasteiger partial charge in [-0.25, -0.2) is 0 Å². The molecule has 1 N–H and O–H groups in total. The van der Waals surface area contributed by atoms with Gasteiger partial charge in [0.05, 0.1) is 12.6 Å². The summed E-state index contributed by atoms with van der Waals surface area (Å²) in [5.74, 6) is 0.716. The van der Waals surface area contributed by atoms with Crippen LogP contribution in [0.5, 0.6) is 0 Å². The number of nitrogens with one attached hydrogen (secondary N) is 1. The fraction of sp³-hybridized carbons (Fsp3) is 0.722. The number of anilines is 1. The Bertz CT molecular complexity index is 613. The first-order valence-corrected chi connectivity index (χ1v) is 9.37. The van der Waals surface area contributed by atoms with E-state index in [-0.39, 0.29) is 11.8 Å². The average molecular weight is 347 g/mol. The van der Waals surface area contributed by atoms with Crippen LogP contribution in [0.3, 0.4) is 0 Å². The van der Waals surface area contributed by atoms with Crippen LogP contribution in [-0.4, -0.2) is 64.1 Å². The van der Waals surface area contributed by atoms with E-state index in [4.69, 9.17) is 0 Å². The van der Waals surface area contributed by atoms with Crippen LogP contribution in [0.25, 0.3) is 0 Å². The highest BCUT2D eigenvalue weighted by Crippen LogP contribution is 2.29. The van der Waals surface area contributed by atoms with Crippen LogP contribution >= 0.6 is 0 Å². The Morgan fingerprint density at radius 2 is 1.84 bits per heavy atom. The van der Waals surface area contributed by atoms with Crippen molar-refractivity contribution in [1.29, 1.82) is 0 Å². The van der Waals surface area contributed by atoms with Crippen molar-refractivity contribution in [3.05, 3.63) is 11.8 Å². The minimum absolute atomic E-state index is 0.0374. The van der Waals surface area contributed by atoms with Crippen molar-refractivity contribution in [3.8, 4) is 0 Å². The summed E-state index contributed by atoms with van der Waals surface area (Å²) in [7, 11) is 0. The fourth-order valence-corrected chi connectivity index (χ4v) is 3.85. The number of aromatic nitrogens is 2. The summed E-state index contributed by atoms with van der Waals surface area (Å²) in [4.78, 5) is 27.6. The fourth-order valence-electron chi connectivity index (χ4n) is 3.85. The zero-order chi connectivity index (χ0) is 17.8. The number of rotatable bonds is 4. The second kappa shape index (κ2) is 7.99. The van der Waals surface area contributed by atoms with Gasteiger partial charge in [0.1, 0.15) is 0 Å². The molecule has 2 aliphatic rings. The SMILES string of the molecule is CC(=O)N1CCN(CC(=O)Nc2cc(C)n(C3CCCCC3)n2)CC1. The largest absolute Gasteiger partial charge is 0.340 e. The van der Waals surface area contributed by atoms with Crippen molar-refractivity contribution < 1.29 is 9.59 Å². The Hall–Kier alpha value is -1.89. The first kappa shape index (κ1) is 17.9. The molecular weight excluding hydrogens is 318 g/mol. The molecule has 25 heavy (non-hydrogen) atoms. The van der Waals surface area contributed by atoms with E-state index in [0.717, 1.165) is 18.8 Å². The summed E-state index contributed by atoms with van der Waals surface area (Å²) >= 11 is 0. The van der Waals surface area contributed by atoms with Crippen molar-refractivity contribution in [1.82, 2.24) is 19.6 Å². The van der Waals surface area contributed by atoms with Crippen molar-refractivity contribution in [2.75, 3.05) is 38.0 Å². The summed E-state index contributed by atoms with van der Waals surface area (Å²) in [5.41, 5.74) is 1.11. The predicted octanol–water partition coefficient (Wildman–Crippen LogP) is 1.80. The number of amides is 2. The van der Waals surface area contributed by atoms with Gasteiger partial charge in [0.2, 0.25) is 11.8 Å². The van der Waals surface area contributed by atoms with Gasteiger partial charge < -0.3 is 10.2 Å². The second-order valence-corrected chi connectivity index (χ2v) is 7.24. The quantitative estimate of drug-likeness (QED) is 0.902. The van der Waals surface area contributed by atoms with Gasteiger partial charge >= 0.3 is 0 Å². The van der Waals surface area contributed by atoms with E-state index in [1.54, 1.807) is 6.92 Å². The number of carbonyl (C=O) groups is 2. The first-order chi connectivity index (χ1) is 12.0. The summed E-state index contributed by atoms with van der Waals surface area (Å²) < 4.78 is 2.08.